The van der Waals surface area contributed by atoms with Crippen LogP contribution in [0, 0.1) is 13.8 Å². The first-order valence-electron chi connectivity index (χ1n) is 13.6. The van der Waals surface area contributed by atoms with Crippen LogP contribution in [0.25, 0.3) is 22.0 Å². The van der Waals surface area contributed by atoms with Gasteiger partial charge in [-0.2, -0.15) is 0 Å². The van der Waals surface area contributed by atoms with Crippen molar-refractivity contribution in [1.29, 1.82) is 0 Å². The summed E-state index contributed by atoms with van der Waals surface area (Å²) in [5.41, 5.74) is 3.66. The van der Waals surface area contributed by atoms with E-state index in [1.165, 1.54) is 4.90 Å². The van der Waals surface area contributed by atoms with E-state index in [0.717, 1.165) is 48.8 Å². The topological polar surface area (TPSA) is 103 Å². The van der Waals surface area contributed by atoms with Gasteiger partial charge in [-0.1, -0.05) is 40.9 Å². The number of aromatic nitrogens is 1. The van der Waals surface area contributed by atoms with Gasteiger partial charge in [0.15, 0.2) is 0 Å². The van der Waals surface area contributed by atoms with Gasteiger partial charge >= 0.3 is 6.09 Å². The second-order valence-electron chi connectivity index (χ2n) is 10.7. The molecule has 0 bridgehead atoms. The summed E-state index contributed by atoms with van der Waals surface area (Å²) in [5.74, 6) is 0.243. The van der Waals surface area contributed by atoms with E-state index >= 15 is 0 Å². The van der Waals surface area contributed by atoms with Crippen LogP contribution in [-0.2, 0) is 0 Å². The van der Waals surface area contributed by atoms with Gasteiger partial charge in [-0.25, -0.2) is 4.79 Å². The van der Waals surface area contributed by atoms with Crippen molar-refractivity contribution in [1.82, 2.24) is 14.8 Å². The van der Waals surface area contributed by atoms with E-state index < -0.39 is 6.09 Å². The van der Waals surface area contributed by atoms with Gasteiger partial charge in [0.05, 0.1) is 28.3 Å². The predicted octanol–water partition coefficient (Wildman–Crippen LogP) is 6.00. The lowest BCUT2D eigenvalue weighted by Crippen LogP contribution is -2.43. The molecule has 1 unspecified atom stereocenters. The Bertz CT molecular complexity index is 1460. The molecule has 206 valence electrons. The second-order valence-corrected chi connectivity index (χ2v) is 11.1. The molecule has 1 atom stereocenters. The number of halogens is 1. The molecule has 0 spiro atoms. The number of H-pyrrole nitrogens is 1. The van der Waals surface area contributed by atoms with Gasteiger partial charge in [0, 0.05) is 37.5 Å². The number of pyridine rings is 1. The number of rotatable bonds is 6. The molecular weight excluding hydrogens is 518 g/mol. The van der Waals surface area contributed by atoms with Crippen molar-refractivity contribution >= 4 is 34.5 Å². The third-order valence-corrected chi connectivity index (χ3v) is 8.07. The Labute approximate surface area is 232 Å². The van der Waals surface area contributed by atoms with Crippen LogP contribution in [0.3, 0.4) is 0 Å². The van der Waals surface area contributed by atoms with Crippen molar-refractivity contribution < 1.29 is 19.4 Å². The Balaban J connectivity index is 1.59. The Hall–Kier alpha value is -3.52. The Kier molecular flexibility index (Phi) is 7.84. The molecule has 1 aromatic heterocycles. The number of fused-ring (bicyclic) bond motifs is 1. The lowest BCUT2D eigenvalue weighted by molar-refractivity contribution is 0.0793. The zero-order valence-electron chi connectivity index (χ0n) is 22.4. The number of aryl methyl sites for hydroxylation is 2. The maximum absolute atomic E-state index is 13.5. The molecule has 2 N–H and O–H groups in total. The minimum Gasteiger partial charge on any atom is -0.492 e. The van der Waals surface area contributed by atoms with E-state index in [4.69, 9.17) is 16.3 Å². The number of carbonyl (C=O) groups is 2. The molecule has 2 aliphatic rings. The summed E-state index contributed by atoms with van der Waals surface area (Å²) in [6, 6.07) is 9.12. The van der Waals surface area contributed by atoms with Gasteiger partial charge in [-0.05, 0) is 63.6 Å². The highest BCUT2D eigenvalue weighted by Gasteiger charge is 2.28. The Morgan fingerprint density at radius 2 is 1.72 bits per heavy atom. The van der Waals surface area contributed by atoms with E-state index in [9.17, 15) is 19.5 Å². The maximum Gasteiger partial charge on any atom is 0.407 e. The first-order chi connectivity index (χ1) is 18.7. The number of nitrogens with zero attached hydrogens (tertiary/aromatic N) is 2. The van der Waals surface area contributed by atoms with Crippen LogP contribution >= 0.6 is 11.6 Å². The molecule has 5 rings (SSSR count). The maximum atomic E-state index is 13.5. The van der Waals surface area contributed by atoms with Gasteiger partial charge in [0.1, 0.15) is 5.75 Å². The number of hydrogen-bond donors (Lipinski definition) is 2. The quantitative estimate of drug-likeness (QED) is 0.391. The molecule has 2 amide bonds. The first kappa shape index (κ1) is 27.1. The molecule has 0 radical (unpaired) electrons. The Morgan fingerprint density at radius 1 is 1.03 bits per heavy atom. The molecule has 9 heteroatoms. The number of likely N-dealkylation sites (tertiary alicyclic amines) is 2. The highest BCUT2D eigenvalue weighted by molar-refractivity contribution is 6.34. The van der Waals surface area contributed by atoms with Crippen molar-refractivity contribution in [3.8, 4) is 16.9 Å². The molecule has 0 aliphatic carbocycles. The summed E-state index contributed by atoms with van der Waals surface area (Å²) in [6.07, 6.45) is 4.11. The fraction of sp³-hybridized carbons (Fsp3) is 0.433. The number of aromatic amines is 1. The van der Waals surface area contributed by atoms with Crippen LogP contribution in [-0.4, -0.2) is 64.2 Å². The van der Waals surface area contributed by atoms with Crippen LogP contribution in [0.1, 0.15) is 60.0 Å². The highest BCUT2D eigenvalue weighted by Crippen LogP contribution is 2.37. The smallest absolute Gasteiger partial charge is 0.407 e. The van der Waals surface area contributed by atoms with Crippen LogP contribution in [0.2, 0.25) is 5.02 Å². The average Bonchev–Trinajstić information content (AvgIpc) is 3.42. The summed E-state index contributed by atoms with van der Waals surface area (Å²) >= 11 is 6.56. The average molecular weight is 552 g/mol. The monoisotopic (exact) mass is 551 g/mol. The minimum atomic E-state index is -0.920. The molecule has 0 saturated carbocycles. The van der Waals surface area contributed by atoms with Gasteiger partial charge in [0.2, 0.25) is 0 Å². The summed E-state index contributed by atoms with van der Waals surface area (Å²) in [6.45, 7) is 6.07. The van der Waals surface area contributed by atoms with E-state index in [1.807, 2.05) is 32.0 Å². The first-order valence-corrected chi connectivity index (χ1v) is 14.0. The fourth-order valence-corrected chi connectivity index (χ4v) is 6.17. The molecule has 8 nitrogen and oxygen atoms in total. The number of piperidine rings is 1. The lowest BCUT2D eigenvalue weighted by Gasteiger charge is -2.33. The predicted molar refractivity (Wildman–Crippen MR) is 152 cm³/mol. The van der Waals surface area contributed by atoms with Gasteiger partial charge in [0.25, 0.3) is 11.5 Å². The van der Waals surface area contributed by atoms with Gasteiger partial charge in [-0.3, -0.25) is 9.59 Å². The van der Waals surface area contributed by atoms with E-state index in [-0.39, 0.29) is 29.1 Å². The SMILES string of the molecule is Cc1cc(C)cc(-c2c(OCCC3CCCCN3C(=O)O)c3cc(C(=O)N4CCCC4)c(Cl)cc3[nH]c2=O)c1. The molecular formula is C30H34ClN3O5. The summed E-state index contributed by atoms with van der Waals surface area (Å²) < 4.78 is 6.39. The van der Waals surface area contributed by atoms with Gasteiger partial charge in [-0.15, -0.1) is 0 Å². The van der Waals surface area contributed by atoms with Crippen molar-refractivity contribution in [2.24, 2.45) is 0 Å². The molecule has 3 heterocycles. The molecule has 2 fully saturated rings. The van der Waals surface area contributed by atoms with Crippen molar-refractivity contribution in [2.75, 3.05) is 26.2 Å². The normalized spacial score (nSPS) is 17.6. The zero-order valence-corrected chi connectivity index (χ0v) is 23.1. The van der Waals surface area contributed by atoms with Crippen molar-refractivity contribution in [3.63, 3.8) is 0 Å². The second kappa shape index (κ2) is 11.3. The number of hydrogen-bond acceptors (Lipinski definition) is 4. The Morgan fingerprint density at radius 3 is 2.41 bits per heavy atom. The summed E-state index contributed by atoms with van der Waals surface area (Å²) in [4.78, 5) is 44.8. The summed E-state index contributed by atoms with van der Waals surface area (Å²) in [5, 5.41) is 10.5. The standard InChI is InChI=1S/C30H34ClN3O5/c1-18-13-19(2)15-20(14-18)26-27(39-12-8-21-7-3-4-11-34(21)30(37)38)23-16-22(29(36)33-9-5-6-10-33)24(31)17-25(23)32-28(26)35/h13-17,21H,3-12H2,1-2H3,(H,32,35)(H,37,38). The number of benzene rings is 2. The minimum absolute atomic E-state index is 0.135. The van der Waals surface area contributed by atoms with E-state index in [0.29, 0.717) is 53.8 Å². The summed E-state index contributed by atoms with van der Waals surface area (Å²) in [7, 11) is 0. The number of nitrogens with one attached hydrogen (secondary N) is 1. The van der Waals surface area contributed by atoms with Crippen LogP contribution in [0.5, 0.6) is 5.75 Å². The molecule has 2 aromatic carbocycles. The van der Waals surface area contributed by atoms with E-state index in [1.54, 1.807) is 17.0 Å². The molecule has 2 aliphatic heterocycles. The fourth-order valence-electron chi connectivity index (χ4n) is 5.92. The lowest BCUT2D eigenvalue weighted by atomic mass is 9.98. The third-order valence-electron chi connectivity index (χ3n) is 7.76. The van der Waals surface area contributed by atoms with Crippen molar-refractivity contribution in [3.05, 3.63) is 62.4 Å². The zero-order chi connectivity index (χ0) is 27.7. The molecule has 3 aromatic rings. The molecule has 2 saturated heterocycles. The van der Waals surface area contributed by atoms with E-state index in [2.05, 4.69) is 4.98 Å². The third kappa shape index (κ3) is 5.62. The largest absolute Gasteiger partial charge is 0.492 e. The van der Waals surface area contributed by atoms with Crippen LogP contribution < -0.4 is 10.3 Å². The highest BCUT2D eigenvalue weighted by atomic mass is 35.5. The van der Waals surface area contributed by atoms with Gasteiger partial charge < -0.3 is 24.6 Å². The number of carboxylic acid groups (broad SMARTS) is 1. The number of ether oxygens (including phenoxy) is 1. The molecule has 39 heavy (non-hydrogen) atoms. The van der Waals surface area contributed by atoms with Crippen molar-refractivity contribution in [2.45, 2.75) is 58.4 Å². The van der Waals surface area contributed by atoms with Crippen LogP contribution in [0.4, 0.5) is 4.79 Å². The number of amides is 2. The number of carbonyl (C=O) groups excluding carboxylic acids is 1. The van der Waals surface area contributed by atoms with Crippen LogP contribution in [0.15, 0.2) is 35.1 Å².